The van der Waals surface area contributed by atoms with E-state index in [0.29, 0.717) is 4.75 Å². The first-order valence-electron chi connectivity index (χ1n) is 5.41. The summed E-state index contributed by atoms with van der Waals surface area (Å²) in [5.74, 6) is 1.30. The Morgan fingerprint density at radius 3 is 3.07 bits per heavy atom. The molecule has 1 aliphatic heterocycles. The highest BCUT2D eigenvalue weighted by Crippen LogP contribution is 2.37. The number of benzene rings is 1. The van der Waals surface area contributed by atoms with Gasteiger partial charge >= 0.3 is 0 Å². The van der Waals surface area contributed by atoms with Crippen LogP contribution in [0.4, 0.5) is 11.4 Å². The predicted octanol–water partition coefficient (Wildman–Crippen LogP) is 2.97. The van der Waals surface area contributed by atoms with E-state index in [9.17, 15) is 0 Å². The van der Waals surface area contributed by atoms with Crippen LogP contribution in [0.3, 0.4) is 0 Å². The fourth-order valence-corrected chi connectivity index (χ4v) is 3.16. The van der Waals surface area contributed by atoms with Crippen LogP contribution in [0.5, 0.6) is 0 Å². The van der Waals surface area contributed by atoms with Gasteiger partial charge in [0.05, 0.1) is 0 Å². The summed E-state index contributed by atoms with van der Waals surface area (Å²) in [4.78, 5) is 0. The van der Waals surface area contributed by atoms with E-state index in [1.807, 2.05) is 18.2 Å². The van der Waals surface area contributed by atoms with Gasteiger partial charge < -0.3 is 11.1 Å². The highest BCUT2D eigenvalue weighted by molar-refractivity contribution is 8.00. The summed E-state index contributed by atoms with van der Waals surface area (Å²) in [5.41, 5.74) is 7.68. The molecule has 1 saturated heterocycles. The molecule has 1 fully saturated rings. The van der Waals surface area contributed by atoms with E-state index in [2.05, 4.69) is 30.1 Å². The van der Waals surface area contributed by atoms with Crippen LogP contribution >= 0.6 is 11.8 Å². The zero-order valence-corrected chi connectivity index (χ0v) is 9.94. The first kappa shape index (κ1) is 10.7. The summed E-state index contributed by atoms with van der Waals surface area (Å²) < 4.78 is 0.407. The molecule has 0 amide bonds. The topological polar surface area (TPSA) is 38.0 Å². The molecular weight excluding hydrogens is 204 g/mol. The largest absolute Gasteiger partial charge is 0.399 e. The van der Waals surface area contributed by atoms with E-state index >= 15 is 0 Å². The van der Waals surface area contributed by atoms with Gasteiger partial charge in [-0.1, -0.05) is 6.07 Å². The number of thioether (sulfide) groups is 1. The van der Waals surface area contributed by atoms with Gasteiger partial charge in [-0.05, 0) is 43.7 Å². The van der Waals surface area contributed by atoms with Crippen molar-refractivity contribution in [3.8, 4) is 0 Å². The van der Waals surface area contributed by atoms with E-state index in [1.54, 1.807) is 0 Å². The SMILES string of the molecule is CC1(CNc2cccc(N)c2)CCCS1. The monoisotopic (exact) mass is 222 g/mol. The second-order valence-electron chi connectivity index (χ2n) is 4.38. The molecule has 0 spiro atoms. The summed E-state index contributed by atoms with van der Waals surface area (Å²) in [6, 6.07) is 7.96. The molecule has 0 saturated carbocycles. The third-order valence-electron chi connectivity index (χ3n) is 2.85. The van der Waals surface area contributed by atoms with E-state index in [1.165, 1.54) is 18.6 Å². The van der Waals surface area contributed by atoms with Crippen LogP contribution in [0.2, 0.25) is 0 Å². The lowest BCUT2D eigenvalue weighted by Crippen LogP contribution is -2.27. The predicted molar refractivity (Wildman–Crippen MR) is 69.4 cm³/mol. The third-order valence-corrected chi connectivity index (χ3v) is 4.39. The number of nitrogen functional groups attached to an aromatic ring is 1. The maximum absolute atomic E-state index is 5.73. The molecule has 1 aromatic rings. The maximum Gasteiger partial charge on any atom is 0.0361 e. The quantitative estimate of drug-likeness (QED) is 0.772. The molecule has 1 atom stereocenters. The number of rotatable bonds is 3. The standard InChI is InChI=1S/C12H18N2S/c1-12(6-3-7-15-12)9-14-11-5-2-4-10(13)8-11/h2,4-5,8,14H,3,6-7,9,13H2,1H3. The molecule has 2 nitrogen and oxygen atoms in total. The van der Waals surface area contributed by atoms with Gasteiger partial charge in [-0.3, -0.25) is 0 Å². The van der Waals surface area contributed by atoms with Crippen LogP contribution in [-0.2, 0) is 0 Å². The van der Waals surface area contributed by atoms with E-state index in [4.69, 9.17) is 5.73 Å². The minimum Gasteiger partial charge on any atom is -0.399 e. The van der Waals surface area contributed by atoms with Crippen LogP contribution in [0, 0.1) is 0 Å². The second kappa shape index (κ2) is 4.35. The molecule has 3 N–H and O–H groups in total. The highest BCUT2D eigenvalue weighted by Gasteiger charge is 2.28. The summed E-state index contributed by atoms with van der Waals surface area (Å²) >= 11 is 2.07. The van der Waals surface area contributed by atoms with Gasteiger partial charge in [-0.2, -0.15) is 11.8 Å². The Hall–Kier alpha value is -0.830. The molecule has 2 rings (SSSR count). The Morgan fingerprint density at radius 2 is 2.40 bits per heavy atom. The van der Waals surface area contributed by atoms with E-state index in [-0.39, 0.29) is 0 Å². The summed E-state index contributed by atoms with van der Waals surface area (Å²) in [6.45, 7) is 3.37. The van der Waals surface area contributed by atoms with Crippen molar-refractivity contribution in [3.05, 3.63) is 24.3 Å². The zero-order chi connectivity index (χ0) is 10.7. The minimum absolute atomic E-state index is 0.407. The zero-order valence-electron chi connectivity index (χ0n) is 9.12. The van der Waals surface area contributed by atoms with Crippen molar-refractivity contribution < 1.29 is 0 Å². The molecule has 3 heteroatoms. The molecule has 1 heterocycles. The molecule has 0 radical (unpaired) electrons. The van der Waals surface area contributed by atoms with Crippen LogP contribution < -0.4 is 11.1 Å². The van der Waals surface area contributed by atoms with Crippen molar-refractivity contribution in [3.63, 3.8) is 0 Å². The van der Waals surface area contributed by atoms with Crippen molar-refractivity contribution in [1.82, 2.24) is 0 Å². The Balaban J connectivity index is 1.92. The van der Waals surface area contributed by atoms with Gasteiger partial charge in [-0.15, -0.1) is 0 Å². The van der Waals surface area contributed by atoms with Gasteiger partial charge in [0.25, 0.3) is 0 Å². The molecule has 1 unspecified atom stereocenters. The first-order chi connectivity index (χ1) is 7.18. The molecule has 82 valence electrons. The lowest BCUT2D eigenvalue weighted by Gasteiger charge is -2.23. The van der Waals surface area contributed by atoms with Crippen LogP contribution in [-0.4, -0.2) is 17.0 Å². The second-order valence-corrected chi connectivity index (χ2v) is 6.06. The number of anilines is 2. The Morgan fingerprint density at radius 1 is 1.53 bits per heavy atom. The molecule has 1 aliphatic rings. The number of nitrogens with one attached hydrogen (secondary N) is 1. The number of hydrogen-bond acceptors (Lipinski definition) is 3. The van der Waals surface area contributed by atoms with E-state index in [0.717, 1.165) is 17.9 Å². The highest BCUT2D eigenvalue weighted by atomic mass is 32.2. The van der Waals surface area contributed by atoms with Crippen LogP contribution in [0.15, 0.2) is 24.3 Å². The average molecular weight is 222 g/mol. The fourth-order valence-electron chi connectivity index (χ4n) is 1.91. The first-order valence-corrected chi connectivity index (χ1v) is 6.40. The summed E-state index contributed by atoms with van der Waals surface area (Å²) in [5, 5.41) is 3.47. The smallest absolute Gasteiger partial charge is 0.0361 e. The van der Waals surface area contributed by atoms with Crippen molar-refractivity contribution in [1.29, 1.82) is 0 Å². The molecule has 15 heavy (non-hydrogen) atoms. The Bertz CT molecular complexity index is 332. The van der Waals surface area contributed by atoms with E-state index < -0.39 is 0 Å². The molecule has 1 aromatic carbocycles. The van der Waals surface area contributed by atoms with Crippen molar-refractivity contribution in [2.45, 2.75) is 24.5 Å². The Labute approximate surface area is 95.6 Å². The van der Waals surface area contributed by atoms with Crippen LogP contribution in [0.1, 0.15) is 19.8 Å². The molecular formula is C12H18N2S. The van der Waals surface area contributed by atoms with Gasteiger partial charge in [-0.25, -0.2) is 0 Å². The minimum atomic E-state index is 0.407. The van der Waals surface area contributed by atoms with Crippen molar-refractivity contribution in [2.24, 2.45) is 0 Å². The lowest BCUT2D eigenvalue weighted by atomic mass is 10.1. The van der Waals surface area contributed by atoms with Crippen molar-refractivity contribution >= 4 is 23.1 Å². The van der Waals surface area contributed by atoms with Crippen molar-refractivity contribution in [2.75, 3.05) is 23.3 Å². The number of hydrogen-bond donors (Lipinski definition) is 2. The normalized spacial score (nSPS) is 25.4. The van der Waals surface area contributed by atoms with Gasteiger partial charge in [0, 0.05) is 22.7 Å². The third kappa shape index (κ3) is 2.81. The number of nitrogens with two attached hydrogens (primary N) is 1. The van der Waals surface area contributed by atoms with Gasteiger partial charge in [0.2, 0.25) is 0 Å². The lowest BCUT2D eigenvalue weighted by molar-refractivity contribution is 0.635. The summed E-state index contributed by atoms with van der Waals surface area (Å²) in [6.07, 6.45) is 2.66. The maximum atomic E-state index is 5.73. The Kier molecular flexibility index (Phi) is 3.10. The molecule has 0 aromatic heterocycles. The summed E-state index contributed by atoms with van der Waals surface area (Å²) in [7, 11) is 0. The van der Waals surface area contributed by atoms with Gasteiger partial charge in [0.1, 0.15) is 0 Å². The average Bonchev–Trinajstić information content (AvgIpc) is 2.63. The molecule has 0 aliphatic carbocycles. The van der Waals surface area contributed by atoms with Crippen LogP contribution in [0.25, 0.3) is 0 Å². The fraction of sp³-hybridized carbons (Fsp3) is 0.500. The molecule has 0 bridgehead atoms. The van der Waals surface area contributed by atoms with Gasteiger partial charge in [0.15, 0.2) is 0 Å².